The lowest BCUT2D eigenvalue weighted by atomic mass is 9.93. The number of amides is 1. The average Bonchev–Trinajstić information content (AvgIpc) is 3.40. The fraction of sp³-hybridized carbons (Fsp3) is 0.217. The Morgan fingerprint density at radius 2 is 1.97 bits per heavy atom. The van der Waals surface area contributed by atoms with Crippen LogP contribution in [0.25, 0.3) is 10.8 Å². The number of halogens is 1. The molecular weight excluding hydrogens is 444 g/mol. The van der Waals surface area contributed by atoms with Gasteiger partial charge in [-0.05, 0) is 64.9 Å². The van der Waals surface area contributed by atoms with Crippen LogP contribution in [0.1, 0.15) is 34.7 Å². The predicted octanol–water partition coefficient (Wildman–Crippen LogP) is 3.46. The quantitative estimate of drug-likeness (QED) is 0.351. The summed E-state index contributed by atoms with van der Waals surface area (Å²) in [6, 6.07) is 15.6. The average molecular weight is 465 g/mol. The third-order valence-corrected chi connectivity index (χ3v) is 6.37. The normalized spacial score (nSPS) is 20.3. The van der Waals surface area contributed by atoms with Crippen LogP contribution in [0.4, 0.5) is 0 Å². The number of carbonyl (C=O) groups is 1. The van der Waals surface area contributed by atoms with E-state index in [4.69, 9.17) is 0 Å². The van der Waals surface area contributed by atoms with E-state index in [1.54, 1.807) is 18.2 Å². The summed E-state index contributed by atoms with van der Waals surface area (Å²) in [6.45, 7) is 0. The van der Waals surface area contributed by atoms with Crippen molar-refractivity contribution in [1.82, 2.24) is 16.3 Å². The number of phenols is 1. The van der Waals surface area contributed by atoms with Crippen molar-refractivity contribution < 1.29 is 9.90 Å². The summed E-state index contributed by atoms with van der Waals surface area (Å²) in [5.41, 5.74) is 13.5. The van der Waals surface area contributed by atoms with E-state index in [1.807, 2.05) is 0 Å². The molecule has 30 heavy (non-hydrogen) atoms. The van der Waals surface area contributed by atoms with Crippen molar-refractivity contribution >= 4 is 38.8 Å². The van der Waals surface area contributed by atoms with Crippen LogP contribution in [0.15, 0.2) is 58.1 Å². The van der Waals surface area contributed by atoms with E-state index in [2.05, 4.69) is 67.6 Å². The van der Waals surface area contributed by atoms with Crippen LogP contribution >= 0.6 is 15.9 Å². The lowest BCUT2D eigenvalue weighted by Crippen LogP contribution is -2.41. The number of nitrogens with zero attached hydrogens (tertiary/aromatic N) is 1. The molecule has 0 radical (unpaired) electrons. The number of aromatic hydroxyl groups is 1. The summed E-state index contributed by atoms with van der Waals surface area (Å²) in [7, 11) is 0. The molecule has 0 spiro atoms. The topological polar surface area (TPSA) is 85.8 Å². The molecule has 6 nitrogen and oxygen atoms in total. The van der Waals surface area contributed by atoms with E-state index < -0.39 is 6.04 Å². The van der Waals surface area contributed by atoms with Gasteiger partial charge in [-0.1, -0.05) is 46.3 Å². The van der Waals surface area contributed by atoms with Gasteiger partial charge in [0, 0.05) is 16.1 Å². The first-order valence-corrected chi connectivity index (χ1v) is 10.8. The molecule has 2 atom stereocenters. The van der Waals surface area contributed by atoms with Crippen LogP contribution in [0.2, 0.25) is 0 Å². The minimum atomic E-state index is -0.397. The fourth-order valence-corrected chi connectivity index (χ4v) is 4.76. The standard InChI is InChI=1S/C23H21BrN4O2/c24-16-7-9-21(29)15(10-16)12-25-28-23(30)20-11-19(26-27-20)17-8-6-14-5-4-13-2-1-3-18(17)22(13)14/h1-3,6-10,12,19-20,26-27,29H,4-5,11H2,(H,28,30)/b25-12+. The largest absolute Gasteiger partial charge is 0.507 e. The molecule has 5 rings (SSSR count). The van der Waals surface area contributed by atoms with Crippen molar-refractivity contribution in [2.45, 2.75) is 31.3 Å². The highest BCUT2D eigenvalue weighted by Crippen LogP contribution is 2.36. The molecule has 1 heterocycles. The first kappa shape index (κ1) is 19.2. The van der Waals surface area contributed by atoms with Crippen molar-refractivity contribution in [3.05, 3.63) is 75.3 Å². The van der Waals surface area contributed by atoms with Crippen molar-refractivity contribution in [1.29, 1.82) is 0 Å². The summed E-state index contributed by atoms with van der Waals surface area (Å²) < 4.78 is 0.822. The molecule has 3 aromatic carbocycles. The number of nitrogens with one attached hydrogen (secondary N) is 3. The number of hydrogen-bond acceptors (Lipinski definition) is 5. The van der Waals surface area contributed by atoms with Crippen LogP contribution in [-0.4, -0.2) is 23.3 Å². The smallest absolute Gasteiger partial charge is 0.258 e. The Morgan fingerprint density at radius 3 is 2.83 bits per heavy atom. The molecule has 1 fully saturated rings. The van der Waals surface area contributed by atoms with Gasteiger partial charge in [-0.15, -0.1) is 0 Å². The Kier molecular flexibility index (Phi) is 5.02. The van der Waals surface area contributed by atoms with Gasteiger partial charge in [0.05, 0.1) is 6.21 Å². The second kappa shape index (κ2) is 7.83. The molecule has 3 aromatic rings. The maximum atomic E-state index is 12.5. The monoisotopic (exact) mass is 464 g/mol. The number of hydrogen-bond donors (Lipinski definition) is 4. The highest BCUT2D eigenvalue weighted by Gasteiger charge is 2.31. The van der Waals surface area contributed by atoms with Crippen molar-refractivity contribution in [2.24, 2.45) is 5.10 Å². The highest BCUT2D eigenvalue weighted by atomic mass is 79.9. The van der Waals surface area contributed by atoms with Crippen molar-refractivity contribution in [2.75, 3.05) is 0 Å². The summed E-state index contributed by atoms with van der Waals surface area (Å²) in [4.78, 5) is 12.5. The van der Waals surface area contributed by atoms with E-state index in [0.717, 1.165) is 17.3 Å². The number of rotatable bonds is 4. The fourth-order valence-electron chi connectivity index (χ4n) is 4.38. The maximum Gasteiger partial charge on any atom is 0.258 e. The summed E-state index contributed by atoms with van der Waals surface area (Å²) >= 11 is 3.35. The zero-order valence-corrected chi connectivity index (χ0v) is 17.7. The number of aryl methyl sites for hydroxylation is 2. The van der Waals surface area contributed by atoms with Crippen LogP contribution in [-0.2, 0) is 17.6 Å². The molecule has 0 bridgehead atoms. The van der Waals surface area contributed by atoms with E-state index in [1.165, 1.54) is 33.7 Å². The second-order valence-corrected chi connectivity index (χ2v) is 8.64. The minimum Gasteiger partial charge on any atom is -0.507 e. The van der Waals surface area contributed by atoms with Gasteiger partial charge in [0.2, 0.25) is 0 Å². The third kappa shape index (κ3) is 3.49. The van der Waals surface area contributed by atoms with Gasteiger partial charge >= 0.3 is 0 Å². The minimum absolute atomic E-state index is 0.0451. The molecule has 1 aliphatic heterocycles. The Morgan fingerprint density at radius 1 is 1.13 bits per heavy atom. The number of hydrazone groups is 1. The molecule has 1 amide bonds. The Balaban J connectivity index is 1.28. The maximum absolute atomic E-state index is 12.5. The van der Waals surface area contributed by atoms with Gasteiger partial charge in [-0.25, -0.2) is 16.3 Å². The molecular formula is C23H21BrN4O2. The van der Waals surface area contributed by atoms with Gasteiger partial charge < -0.3 is 5.11 Å². The molecule has 0 aromatic heterocycles. The van der Waals surface area contributed by atoms with E-state index in [9.17, 15) is 9.90 Å². The molecule has 1 aliphatic carbocycles. The number of benzene rings is 3. The van der Waals surface area contributed by atoms with E-state index in [0.29, 0.717) is 12.0 Å². The van der Waals surface area contributed by atoms with E-state index >= 15 is 0 Å². The molecule has 7 heteroatoms. The third-order valence-electron chi connectivity index (χ3n) is 5.87. The van der Waals surface area contributed by atoms with Crippen LogP contribution in [0, 0.1) is 0 Å². The molecule has 0 saturated carbocycles. The zero-order chi connectivity index (χ0) is 20.7. The second-order valence-electron chi connectivity index (χ2n) is 7.72. The van der Waals surface area contributed by atoms with Crippen LogP contribution in [0.5, 0.6) is 5.75 Å². The summed E-state index contributed by atoms with van der Waals surface area (Å²) in [5.74, 6) is -0.120. The highest BCUT2D eigenvalue weighted by molar-refractivity contribution is 9.10. The number of phenolic OH excluding ortho intramolecular Hbond substituents is 1. The zero-order valence-electron chi connectivity index (χ0n) is 16.2. The molecule has 152 valence electrons. The van der Waals surface area contributed by atoms with Gasteiger partial charge in [0.1, 0.15) is 11.8 Å². The van der Waals surface area contributed by atoms with Gasteiger partial charge in [-0.2, -0.15) is 5.10 Å². The summed E-state index contributed by atoms with van der Waals surface area (Å²) in [6.07, 6.45) is 4.26. The molecule has 4 N–H and O–H groups in total. The van der Waals surface area contributed by atoms with E-state index in [-0.39, 0.29) is 17.7 Å². The van der Waals surface area contributed by atoms with Gasteiger partial charge in [0.15, 0.2) is 0 Å². The molecule has 2 unspecified atom stereocenters. The van der Waals surface area contributed by atoms with Crippen LogP contribution < -0.4 is 16.3 Å². The SMILES string of the molecule is O=C(N/N=C/c1cc(Br)ccc1O)C1CC(c2ccc3c4c(cccc24)CC3)NN1. The van der Waals surface area contributed by atoms with Crippen molar-refractivity contribution in [3.8, 4) is 5.75 Å². The van der Waals surface area contributed by atoms with Crippen LogP contribution in [0.3, 0.4) is 0 Å². The Hall–Kier alpha value is -2.74. The summed E-state index contributed by atoms with van der Waals surface area (Å²) in [5, 5.41) is 16.5. The predicted molar refractivity (Wildman–Crippen MR) is 120 cm³/mol. The van der Waals surface area contributed by atoms with Gasteiger partial charge in [-0.3, -0.25) is 4.79 Å². The first-order chi connectivity index (χ1) is 14.6. The number of hydrazine groups is 1. The molecule has 2 aliphatic rings. The first-order valence-electron chi connectivity index (χ1n) is 9.96. The molecule has 1 saturated heterocycles. The lowest BCUT2D eigenvalue weighted by Gasteiger charge is -2.14. The number of carbonyl (C=O) groups excluding carboxylic acids is 1. The lowest BCUT2D eigenvalue weighted by molar-refractivity contribution is -0.122. The Bertz CT molecular complexity index is 1170. The van der Waals surface area contributed by atoms with Gasteiger partial charge in [0.25, 0.3) is 5.91 Å². The Labute approximate surface area is 182 Å². The van der Waals surface area contributed by atoms with Crippen molar-refractivity contribution in [3.63, 3.8) is 0 Å².